The topological polar surface area (TPSA) is 80.6 Å². The van der Waals surface area contributed by atoms with Gasteiger partial charge in [-0.15, -0.1) is 0 Å². The third kappa shape index (κ3) is 3.53. The number of aryl methyl sites for hydroxylation is 2. The van der Waals surface area contributed by atoms with E-state index in [2.05, 4.69) is 10.1 Å². The number of halogens is 1. The highest BCUT2D eigenvalue weighted by molar-refractivity contribution is 6.30. The molecule has 2 aromatic rings. The van der Waals surface area contributed by atoms with Crippen molar-refractivity contribution in [3.63, 3.8) is 0 Å². The summed E-state index contributed by atoms with van der Waals surface area (Å²) in [6.07, 6.45) is 1.61. The standard InChI is InChI=1S/C20H20ClN3O4/c1-11-5-6-15(21)9-17(11)24-12(2)7-14(13(24)3)8-16-19(26)23(20(27)22-16)10-18(25)28-4/h5-9H,10H2,1-4H3,(H,22,27). The van der Waals surface area contributed by atoms with Crippen LogP contribution in [0.2, 0.25) is 5.02 Å². The Bertz CT molecular complexity index is 1020. The molecule has 0 radical (unpaired) electrons. The van der Waals surface area contributed by atoms with Crippen LogP contribution in [0.4, 0.5) is 4.79 Å². The van der Waals surface area contributed by atoms with Gasteiger partial charge in [0.1, 0.15) is 12.2 Å². The minimum atomic E-state index is -0.667. The molecule has 1 aromatic carbocycles. The minimum Gasteiger partial charge on any atom is -0.468 e. The van der Waals surface area contributed by atoms with Gasteiger partial charge >= 0.3 is 12.0 Å². The van der Waals surface area contributed by atoms with Crippen LogP contribution in [0, 0.1) is 20.8 Å². The summed E-state index contributed by atoms with van der Waals surface area (Å²) >= 11 is 6.16. The van der Waals surface area contributed by atoms with Crippen molar-refractivity contribution < 1.29 is 19.1 Å². The molecule has 0 bridgehead atoms. The normalized spacial score (nSPS) is 15.3. The Morgan fingerprint density at radius 3 is 2.61 bits per heavy atom. The molecule has 1 saturated heterocycles. The first kappa shape index (κ1) is 19.7. The number of hydrogen-bond acceptors (Lipinski definition) is 4. The van der Waals surface area contributed by atoms with Crippen LogP contribution in [0.5, 0.6) is 0 Å². The largest absolute Gasteiger partial charge is 0.468 e. The van der Waals surface area contributed by atoms with E-state index in [1.54, 1.807) is 6.08 Å². The molecule has 0 aliphatic carbocycles. The highest BCUT2D eigenvalue weighted by atomic mass is 35.5. The second-order valence-corrected chi connectivity index (χ2v) is 6.98. The lowest BCUT2D eigenvalue weighted by molar-refractivity contribution is -0.143. The van der Waals surface area contributed by atoms with E-state index in [0.29, 0.717) is 5.02 Å². The maximum atomic E-state index is 12.5. The number of carbonyl (C=O) groups is 3. The summed E-state index contributed by atoms with van der Waals surface area (Å²) in [7, 11) is 1.20. The lowest BCUT2D eigenvalue weighted by Gasteiger charge is -2.13. The highest BCUT2D eigenvalue weighted by Crippen LogP contribution is 2.27. The monoisotopic (exact) mass is 401 g/mol. The quantitative estimate of drug-likeness (QED) is 0.485. The van der Waals surface area contributed by atoms with Gasteiger partial charge in [-0.05, 0) is 56.2 Å². The third-order valence-corrected chi connectivity index (χ3v) is 4.89. The van der Waals surface area contributed by atoms with Crippen LogP contribution in [0.25, 0.3) is 11.8 Å². The van der Waals surface area contributed by atoms with Crippen molar-refractivity contribution in [3.8, 4) is 5.69 Å². The Hall–Kier alpha value is -3.06. The number of amides is 3. The van der Waals surface area contributed by atoms with Crippen molar-refractivity contribution in [1.82, 2.24) is 14.8 Å². The molecule has 2 heterocycles. The molecule has 0 spiro atoms. The van der Waals surface area contributed by atoms with Gasteiger partial charge in [0.05, 0.1) is 7.11 Å². The Morgan fingerprint density at radius 1 is 1.21 bits per heavy atom. The van der Waals surface area contributed by atoms with Crippen molar-refractivity contribution in [1.29, 1.82) is 0 Å². The number of rotatable bonds is 4. The number of imide groups is 1. The fraction of sp³-hybridized carbons (Fsp3) is 0.250. The molecule has 8 heteroatoms. The molecule has 7 nitrogen and oxygen atoms in total. The number of benzene rings is 1. The van der Waals surface area contributed by atoms with Gasteiger partial charge in [0.15, 0.2) is 0 Å². The molecule has 1 aliphatic heterocycles. The van der Waals surface area contributed by atoms with Crippen molar-refractivity contribution in [2.75, 3.05) is 13.7 Å². The van der Waals surface area contributed by atoms with E-state index in [1.807, 2.05) is 49.6 Å². The Morgan fingerprint density at radius 2 is 1.93 bits per heavy atom. The zero-order valence-electron chi connectivity index (χ0n) is 16.0. The second kappa shape index (κ2) is 7.52. The summed E-state index contributed by atoms with van der Waals surface area (Å²) in [5.74, 6) is -1.24. The predicted molar refractivity (Wildman–Crippen MR) is 105 cm³/mol. The molecule has 3 amide bonds. The van der Waals surface area contributed by atoms with Gasteiger partial charge in [-0.1, -0.05) is 17.7 Å². The first-order chi connectivity index (χ1) is 13.2. The average Bonchev–Trinajstić information content (AvgIpc) is 3.07. The molecule has 28 heavy (non-hydrogen) atoms. The first-order valence-electron chi connectivity index (χ1n) is 8.59. The summed E-state index contributed by atoms with van der Waals surface area (Å²) in [4.78, 5) is 36.7. The van der Waals surface area contributed by atoms with Gasteiger partial charge in [0, 0.05) is 22.1 Å². The number of nitrogens with one attached hydrogen (secondary N) is 1. The van der Waals surface area contributed by atoms with Crippen LogP contribution in [0.1, 0.15) is 22.5 Å². The maximum absolute atomic E-state index is 12.5. The molecule has 1 fully saturated rings. The van der Waals surface area contributed by atoms with Crippen LogP contribution in [-0.4, -0.2) is 41.0 Å². The molecule has 1 N–H and O–H groups in total. The van der Waals surface area contributed by atoms with Crippen molar-refractivity contribution >= 4 is 35.6 Å². The highest BCUT2D eigenvalue weighted by Gasteiger charge is 2.35. The summed E-state index contributed by atoms with van der Waals surface area (Å²) in [6, 6.07) is 6.93. The van der Waals surface area contributed by atoms with Gasteiger partial charge in [0.2, 0.25) is 0 Å². The summed E-state index contributed by atoms with van der Waals surface area (Å²) in [5, 5.41) is 3.14. The number of aromatic nitrogens is 1. The lowest BCUT2D eigenvalue weighted by Crippen LogP contribution is -2.36. The third-order valence-electron chi connectivity index (χ3n) is 4.66. The van der Waals surface area contributed by atoms with Crippen LogP contribution < -0.4 is 5.32 Å². The Kier molecular flexibility index (Phi) is 5.29. The van der Waals surface area contributed by atoms with E-state index >= 15 is 0 Å². The molecule has 1 aliphatic rings. The van der Waals surface area contributed by atoms with Crippen LogP contribution in [0.3, 0.4) is 0 Å². The molecule has 0 atom stereocenters. The van der Waals surface area contributed by atoms with Gasteiger partial charge in [-0.25, -0.2) is 9.69 Å². The maximum Gasteiger partial charge on any atom is 0.329 e. The van der Waals surface area contributed by atoms with Gasteiger partial charge < -0.3 is 14.6 Å². The van der Waals surface area contributed by atoms with E-state index < -0.39 is 24.5 Å². The fourth-order valence-corrected chi connectivity index (χ4v) is 3.36. The first-order valence-corrected chi connectivity index (χ1v) is 8.97. The SMILES string of the molecule is COC(=O)CN1C(=O)NC(=Cc2cc(C)n(-c3cc(Cl)ccc3C)c2C)C1=O. The molecular weight excluding hydrogens is 382 g/mol. The van der Waals surface area contributed by atoms with E-state index in [-0.39, 0.29) is 5.70 Å². The number of methoxy groups -OCH3 is 1. The van der Waals surface area contributed by atoms with Gasteiger partial charge in [-0.2, -0.15) is 0 Å². The second-order valence-electron chi connectivity index (χ2n) is 6.55. The summed E-state index contributed by atoms with van der Waals surface area (Å²) in [5.41, 5.74) is 4.74. The van der Waals surface area contributed by atoms with Crippen molar-refractivity contribution in [2.45, 2.75) is 20.8 Å². The Labute approximate surface area is 167 Å². The van der Waals surface area contributed by atoms with Crippen LogP contribution in [-0.2, 0) is 14.3 Å². The molecular formula is C20H20ClN3O4. The summed E-state index contributed by atoms with van der Waals surface area (Å²) < 4.78 is 6.57. The number of urea groups is 1. The van der Waals surface area contributed by atoms with Crippen LogP contribution >= 0.6 is 11.6 Å². The smallest absolute Gasteiger partial charge is 0.329 e. The zero-order chi connectivity index (χ0) is 20.6. The number of esters is 1. The zero-order valence-corrected chi connectivity index (χ0v) is 16.8. The molecule has 0 saturated carbocycles. The molecule has 3 rings (SSSR count). The number of ether oxygens (including phenoxy) is 1. The van der Waals surface area contributed by atoms with E-state index in [9.17, 15) is 14.4 Å². The number of hydrogen-bond donors (Lipinski definition) is 1. The average molecular weight is 402 g/mol. The molecule has 146 valence electrons. The van der Waals surface area contributed by atoms with Gasteiger partial charge in [0.25, 0.3) is 5.91 Å². The van der Waals surface area contributed by atoms with Crippen molar-refractivity contribution in [2.24, 2.45) is 0 Å². The van der Waals surface area contributed by atoms with Gasteiger partial charge in [-0.3, -0.25) is 9.59 Å². The Balaban J connectivity index is 1.98. The lowest BCUT2D eigenvalue weighted by atomic mass is 10.2. The minimum absolute atomic E-state index is 0.108. The van der Waals surface area contributed by atoms with Crippen molar-refractivity contribution in [3.05, 3.63) is 57.5 Å². The number of nitrogens with zero attached hydrogens (tertiary/aromatic N) is 2. The predicted octanol–water partition coefficient (Wildman–Crippen LogP) is 3.12. The van der Waals surface area contributed by atoms with E-state index in [4.69, 9.17) is 11.6 Å². The van der Waals surface area contributed by atoms with E-state index in [1.165, 1.54) is 7.11 Å². The molecule has 1 aromatic heterocycles. The summed E-state index contributed by atoms with van der Waals surface area (Å²) in [6.45, 7) is 5.44. The van der Waals surface area contributed by atoms with E-state index in [0.717, 1.165) is 33.1 Å². The number of carbonyl (C=O) groups excluding carboxylic acids is 3. The van der Waals surface area contributed by atoms with Crippen LogP contribution in [0.15, 0.2) is 30.0 Å². The molecule has 0 unspecified atom stereocenters. The fourth-order valence-electron chi connectivity index (χ4n) is 3.19.